The molecule has 0 atom stereocenters. The molecule has 0 fully saturated rings. The molecule has 166 valence electrons. The van der Waals surface area contributed by atoms with Crippen LogP contribution in [0.15, 0.2) is 102 Å². The van der Waals surface area contributed by atoms with Crippen LogP contribution in [0.1, 0.15) is 37.4 Å². The molecule has 1 amide bonds. The van der Waals surface area contributed by atoms with Crippen LogP contribution < -0.4 is 5.32 Å². The van der Waals surface area contributed by atoms with Crippen molar-refractivity contribution < 1.29 is 18.7 Å². The molecule has 0 aromatic heterocycles. The Labute approximate surface area is 195 Å². The first kappa shape index (κ1) is 21.3. The molecule has 1 aliphatic rings. The van der Waals surface area contributed by atoms with E-state index in [1.807, 2.05) is 18.2 Å². The first-order valence-corrected chi connectivity index (χ1v) is 10.7. The molecule has 5 rings (SSSR count). The predicted octanol–water partition coefficient (Wildman–Crippen LogP) is 5.92. The number of anilines is 1. The van der Waals surface area contributed by atoms with Crippen LogP contribution >= 0.6 is 0 Å². The number of esters is 1. The molecule has 0 spiro atoms. The highest BCUT2D eigenvalue weighted by Gasteiger charge is 2.21. The van der Waals surface area contributed by atoms with Crippen LogP contribution in [0.2, 0.25) is 0 Å². The largest absolute Gasteiger partial charge is 0.457 e. The van der Waals surface area contributed by atoms with Gasteiger partial charge in [0.25, 0.3) is 5.91 Å². The normalized spacial score (nSPS) is 11.6. The van der Waals surface area contributed by atoms with Crippen LogP contribution in [0, 0.1) is 5.82 Å². The number of nitrogens with one attached hydrogen (secondary N) is 1. The van der Waals surface area contributed by atoms with Gasteiger partial charge in [0, 0.05) is 27.9 Å². The first-order valence-electron chi connectivity index (χ1n) is 10.7. The fourth-order valence-electron chi connectivity index (χ4n) is 3.72. The summed E-state index contributed by atoms with van der Waals surface area (Å²) in [5.41, 5.74) is 5.32. The minimum absolute atomic E-state index is 0.0249. The van der Waals surface area contributed by atoms with Gasteiger partial charge in [0.05, 0.1) is 17.0 Å². The van der Waals surface area contributed by atoms with Crippen molar-refractivity contribution in [2.45, 2.75) is 6.61 Å². The second kappa shape index (κ2) is 9.11. The number of halogens is 1. The summed E-state index contributed by atoms with van der Waals surface area (Å²) in [7, 11) is 0. The van der Waals surface area contributed by atoms with Crippen LogP contribution in [0.5, 0.6) is 0 Å². The highest BCUT2D eigenvalue weighted by atomic mass is 19.1. The van der Waals surface area contributed by atoms with E-state index in [1.165, 1.54) is 12.1 Å². The lowest BCUT2D eigenvalue weighted by molar-refractivity contribution is 0.0470. The molecule has 1 heterocycles. The molecule has 34 heavy (non-hydrogen) atoms. The van der Waals surface area contributed by atoms with Gasteiger partial charge in [-0.25, -0.2) is 14.2 Å². The van der Waals surface area contributed by atoms with Gasteiger partial charge < -0.3 is 10.1 Å². The summed E-state index contributed by atoms with van der Waals surface area (Å²) in [6.45, 7) is -0.0249. The van der Waals surface area contributed by atoms with Crippen LogP contribution in [-0.4, -0.2) is 17.6 Å². The zero-order chi connectivity index (χ0) is 23.5. The Morgan fingerprint density at radius 2 is 1.59 bits per heavy atom. The number of fused-ring (bicyclic) bond motifs is 1. The van der Waals surface area contributed by atoms with Gasteiger partial charge in [-0.05, 0) is 60.7 Å². The number of amides is 1. The molecule has 4 aromatic rings. The number of hydrogen-bond acceptors (Lipinski definition) is 4. The van der Waals surface area contributed by atoms with Crippen LogP contribution in [0.25, 0.3) is 0 Å². The molecule has 0 unspecified atom stereocenters. The summed E-state index contributed by atoms with van der Waals surface area (Å²) in [4.78, 5) is 29.8. The van der Waals surface area contributed by atoms with E-state index in [1.54, 1.807) is 66.7 Å². The summed E-state index contributed by atoms with van der Waals surface area (Å²) >= 11 is 0. The maximum absolute atomic E-state index is 13.2. The molecule has 1 aliphatic heterocycles. The van der Waals surface area contributed by atoms with Gasteiger partial charge in [-0.2, -0.15) is 0 Å². The molecule has 4 aromatic carbocycles. The molecule has 0 radical (unpaired) electrons. The Balaban J connectivity index is 1.29. The lowest BCUT2D eigenvalue weighted by atomic mass is 9.95. The summed E-state index contributed by atoms with van der Waals surface area (Å²) in [5, 5.41) is 2.91. The van der Waals surface area contributed by atoms with E-state index < -0.39 is 5.97 Å². The molecule has 0 bridgehead atoms. The van der Waals surface area contributed by atoms with E-state index in [4.69, 9.17) is 4.74 Å². The van der Waals surface area contributed by atoms with E-state index in [-0.39, 0.29) is 18.3 Å². The molecular formula is C28H19FN2O3. The van der Waals surface area contributed by atoms with Gasteiger partial charge in [-0.15, -0.1) is 0 Å². The van der Waals surface area contributed by atoms with Crippen molar-refractivity contribution in [3.63, 3.8) is 0 Å². The minimum atomic E-state index is -0.453. The van der Waals surface area contributed by atoms with Crippen molar-refractivity contribution in [1.29, 1.82) is 0 Å². The Bertz CT molecular complexity index is 1410. The lowest BCUT2D eigenvalue weighted by Gasteiger charge is -2.20. The number of aliphatic imine (C=N–C) groups is 1. The smallest absolute Gasteiger partial charge is 0.338 e. The number of benzene rings is 4. The quantitative estimate of drug-likeness (QED) is 0.327. The standard InChI is InChI=1S/C28H19FN2O3/c29-21-12-10-18(11-13-21)26-24-16-22(14-15-25(24)31-26)30-27(32)23-9-5-4-8-20(23)17-34-28(33)19-6-2-1-3-7-19/h1-16H,17H2,(H,30,32). The van der Waals surface area contributed by atoms with Crippen LogP contribution in [0.3, 0.4) is 0 Å². The Morgan fingerprint density at radius 3 is 2.38 bits per heavy atom. The number of nitrogens with zero attached hydrogens (tertiary/aromatic N) is 1. The summed E-state index contributed by atoms with van der Waals surface area (Å²) in [6, 6.07) is 27.3. The van der Waals surface area contributed by atoms with E-state index in [0.717, 1.165) is 22.5 Å². The summed E-state index contributed by atoms with van der Waals surface area (Å²) in [5.74, 6) is -1.07. The molecule has 0 aliphatic carbocycles. The number of rotatable bonds is 6. The van der Waals surface area contributed by atoms with Gasteiger partial charge >= 0.3 is 5.97 Å². The summed E-state index contributed by atoms with van der Waals surface area (Å²) in [6.07, 6.45) is 0. The fraction of sp³-hybridized carbons (Fsp3) is 0.0357. The monoisotopic (exact) mass is 450 g/mol. The topological polar surface area (TPSA) is 67.8 Å². The maximum Gasteiger partial charge on any atom is 0.338 e. The van der Waals surface area contributed by atoms with Crippen molar-refractivity contribution in [2.24, 2.45) is 4.99 Å². The van der Waals surface area contributed by atoms with Gasteiger partial charge in [-0.1, -0.05) is 36.4 Å². The van der Waals surface area contributed by atoms with Gasteiger partial charge in [0.1, 0.15) is 12.4 Å². The fourth-order valence-corrected chi connectivity index (χ4v) is 3.72. The SMILES string of the molecule is O=C(OCc1ccccc1C(=O)Nc1ccc2c(c1)C(c1ccc(F)cc1)=N2)c1ccccc1. The Morgan fingerprint density at radius 1 is 0.853 bits per heavy atom. The zero-order valence-electron chi connectivity index (χ0n) is 18.0. The van der Waals surface area contributed by atoms with Gasteiger partial charge in [0.15, 0.2) is 0 Å². The third-order valence-corrected chi connectivity index (χ3v) is 5.49. The van der Waals surface area contributed by atoms with E-state index in [9.17, 15) is 14.0 Å². The number of carbonyl (C=O) groups is 2. The average Bonchev–Trinajstić information content (AvgIpc) is 2.86. The highest BCUT2D eigenvalue weighted by molar-refractivity contribution is 6.22. The highest BCUT2D eigenvalue weighted by Crippen LogP contribution is 2.35. The molecular weight excluding hydrogens is 431 g/mol. The number of carbonyl (C=O) groups excluding carboxylic acids is 2. The average molecular weight is 450 g/mol. The van der Waals surface area contributed by atoms with Crippen molar-refractivity contribution in [3.05, 3.63) is 131 Å². The van der Waals surface area contributed by atoms with E-state index in [2.05, 4.69) is 10.3 Å². The Hall–Kier alpha value is -4.58. The van der Waals surface area contributed by atoms with Crippen LogP contribution in [-0.2, 0) is 11.3 Å². The van der Waals surface area contributed by atoms with Gasteiger partial charge in [-0.3, -0.25) is 4.79 Å². The van der Waals surface area contributed by atoms with Crippen molar-refractivity contribution in [3.8, 4) is 0 Å². The van der Waals surface area contributed by atoms with Crippen molar-refractivity contribution >= 4 is 29.0 Å². The third kappa shape index (κ3) is 4.34. The molecule has 5 nitrogen and oxygen atoms in total. The Kier molecular flexibility index (Phi) is 5.70. The van der Waals surface area contributed by atoms with E-state index >= 15 is 0 Å². The summed E-state index contributed by atoms with van der Waals surface area (Å²) < 4.78 is 18.6. The van der Waals surface area contributed by atoms with Crippen LogP contribution in [0.4, 0.5) is 15.8 Å². The first-order chi connectivity index (χ1) is 16.6. The second-order valence-electron chi connectivity index (χ2n) is 7.75. The van der Waals surface area contributed by atoms with E-state index in [0.29, 0.717) is 22.4 Å². The molecule has 0 saturated heterocycles. The molecule has 0 saturated carbocycles. The maximum atomic E-state index is 13.2. The number of ether oxygens (including phenoxy) is 1. The van der Waals surface area contributed by atoms with Gasteiger partial charge in [0.2, 0.25) is 0 Å². The van der Waals surface area contributed by atoms with Crippen molar-refractivity contribution in [2.75, 3.05) is 5.32 Å². The molecule has 1 N–H and O–H groups in total. The van der Waals surface area contributed by atoms with Crippen molar-refractivity contribution in [1.82, 2.24) is 0 Å². The third-order valence-electron chi connectivity index (χ3n) is 5.49. The predicted molar refractivity (Wildman–Crippen MR) is 128 cm³/mol. The minimum Gasteiger partial charge on any atom is -0.457 e. The second-order valence-corrected chi connectivity index (χ2v) is 7.75. The lowest BCUT2D eigenvalue weighted by Crippen LogP contribution is -2.17. The number of hydrogen-bond donors (Lipinski definition) is 1. The zero-order valence-corrected chi connectivity index (χ0v) is 18.0. The molecule has 6 heteroatoms.